The monoisotopic (exact) mass is 784 g/mol. The van der Waals surface area contributed by atoms with Crippen LogP contribution in [0.2, 0.25) is 0 Å². The largest absolute Gasteiger partial charge is 0.404 e. The van der Waals surface area contributed by atoms with Gasteiger partial charge in [0.05, 0.1) is 11.0 Å². The number of rotatable bonds is 8. The topological polar surface area (TPSA) is 118 Å². The van der Waals surface area contributed by atoms with Crippen molar-refractivity contribution in [3.8, 4) is 22.3 Å². The van der Waals surface area contributed by atoms with Crippen LogP contribution < -0.4 is 11.5 Å². The summed E-state index contributed by atoms with van der Waals surface area (Å²) in [6.45, 7) is 2.30. The SMILES string of the molecule is NC(=O)c1cc(-c2ccc(F)cc2)c2ccc(CN3CCCC3C(F)(F)F)cc2n1.NC(=O)c1cc(-c2ccc(F)cc2)c2ccc(CN3CC[C@@H](F)C3)cc2n1. The van der Waals surface area contributed by atoms with Crippen molar-refractivity contribution in [2.24, 2.45) is 11.5 Å². The van der Waals surface area contributed by atoms with Crippen molar-refractivity contribution in [2.75, 3.05) is 19.6 Å². The Hall–Kier alpha value is -5.86. The molecule has 8 nitrogen and oxygen atoms in total. The van der Waals surface area contributed by atoms with E-state index in [1.54, 1.807) is 48.5 Å². The van der Waals surface area contributed by atoms with Crippen molar-refractivity contribution in [2.45, 2.75) is 50.7 Å². The number of carbonyl (C=O) groups is 2. The zero-order valence-electron chi connectivity index (χ0n) is 30.6. The Morgan fingerprint density at radius 1 is 0.667 bits per heavy atom. The number of nitrogens with two attached hydrogens (primary N) is 2. The highest BCUT2D eigenvalue weighted by atomic mass is 19.4. The number of primary amides is 2. The number of carbonyl (C=O) groups excluding carboxylic acids is 2. The first kappa shape index (κ1) is 39.4. The molecule has 14 heteroatoms. The number of hydrogen-bond donors (Lipinski definition) is 2. The van der Waals surface area contributed by atoms with E-state index in [9.17, 15) is 35.9 Å². The highest BCUT2D eigenvalue weighted by Gasteiger charge is 2.45. The van der Waals surface area contributed by atoms with Crippen LogP contribution in [0.15, 0.2) is 97.1 Å². The predicted octanol–water partition coefficient (Wildman–Crippen LogP) is 8.35. The zero-order valence-corrected chi connectivity index (χ0v) is 30.6. The molecule has 0 spiro atoms. The van der Waals surface area contributed by atoms with Gasteiger partial charge in [0, 0.05) is 37.0 Å². The van der Waals surface area contributed by atoms with Crippen LogP contribution in [0, 0.1) is 11.6 Å². The van der Waals surface area contributed by atoms with Gasteiger partial charge in [-0.1, -0.05) is 48.5 Å². The lowest BCUT2D eigenvalue weighted by Gasteiger charge is -2.26. The smallest absolute Gasteiger partial charge is 0.364 e. The molecule has 6 aromatic rings. The fourth-order valence-corrected chi connectivity index (χ4v) is 7.54. The average Bonchev–Trinajstić information content (AvgIpc) is 3.83. The fraction of sp³-hybridized carbons (Fsp3) is 0.256. The van der Waals surface area contributed by atoms with Gasteiger partial charge in [-0.15, -0.1) is 0 Å². The molecular weight excluding hydrogens is 747 g/mol. The van der Waals surface area contributed by atoms with E-state index in [1.807, 2.05) is 18.2 Å². The Labute approximate surface area is 324 Å². The van der Waals surface area contributed by atoms with Gasteiger partial charge in [0.2, 0.25) is 0 Å². The van der Waals surface area contributed by atoms with Crippen molar-refractivity contribution in [1.82, 2.24) is 19.8 Å². The fourth-order valence-electron chi connectivity index (χ4n) is 7.54. The summed E-state index contributed by atoms with van der Waals surface area (Å²) >= 11 is 0. The van der Waals surface area contributed by atoms with Crippen molar-refractivity contribution >= 4 is 33.6 Å². The molecule has 0 aliphatic carbocycles. The van der Waals surface area contributed by atoms with Gasteiger partial charge in [-0.25, -0.2) is 23.1 Å². The van der Waals surface area contributed by atoms with E-state index < -0.39 is 30.2 Å². The minimum atomic E-state index is -4.26. The molecule has 2 aromatic heterocycles. The number of fused-ring (bicyclic) bond motifs is 2. The molecule has 8 rings (SSSR count). The summed E-state index contributed by atoms with van der Waals surface area (Å²) in [5.74, 6) is -2.06. The first-order valence-electron chi connectivity index (χ1n) is 18.4. The summed E-state index contributed by atoms with van der Waals surface area (Å²) in [6.07, 6.45) is -3.88. The Kier molecular flexibility index (Phi) is 11.3. The lowest BCUT2D eigenvalue weighted by Crippen LogP contribution is -2.40. The van der Waals surface area contributed by atoms with Crippen LogP contribution in [0.5, 0.6) is 0 Å². The quantitative estimate of drug-likeness (QED) is 0.150. The van der Waals surface area contributed by atoms with Crippen molar-refractivity contribution in [1.29, 1.82) is 0 Å². The molecule has 2 amide bonds. The molecule has 0 saturated carbocycles. The molecule has 4 aromatic carbocycles. The predicted molar refractivity (Wildman–Crippen MR) is 206 cm³/mol. The second kappa shape index (κ2) is 16.3. The van der Waals surface area contributed by atoms with Gasteiger partial charge in [-0.3, -0.25) is 19.4 Å². The van der Waals surface area contributed by atoms with Crippen LogP contribution in [0.4, 0.5) is 26.3 Å². The van der Waals surface area contributed by atoms with Crippen molar-refractivity contribution in [3.05, 3.63) is 131 Å². The van der Waals surface area contributed by atoms with Gasteiger partial charge in [0.1, 0.15) is 35.2 Å². The lowest BCUT2D eigenvalue weighted by atomic mass is 9.98. The summed E-state index contributed by atoms with van der Waals surface area (Å²) in [4.78, 5) is 35.7. The van der Waals surface area contributed by atoms with Crippen LogP contribution >= 0.6 is 0 Å². The van der Waals surface area contributed by atoms with Gasteiger partial charge < -0.3 is 11.5 Å². The van der Waals surface area contributed by atoms with Gasteiger partial charge in [-0.2, -0.15) is 13.2 Å². The minimum Gasteiger partial charge on any atom is -0.364 e. The summed E-state index contributed by atoms with van der Waals surface area (Å²) in [6, 6.07) is 24.6. The average molecular weight is 785 g/mol. The van der Waals surface area contributed by atoms with E-state index in [4.69, 9.17) is 11.5 Å². The number of nitrogens with zero attached hydrogens (tertiary/aromatic N) is 4. The van der Waals surface area contributed by atoms with E-state index in [-0.39, 0.29) is 36.0 Å². The van der Waals surface area contributed by atoms with Gasteiger partial charge in [-0.05, 0) is 108 Å². The third-order valence-electron chi connectivity index (χ3n) is 10.3. The third-order valence-corrected chi connectivity index (χ3v) is 10.3. The molecule has 1 unspecified atom stereocenters. The van der Waals surface area contributed by atoms with E-state index in [2.05, 4.69) is 14.9 Å². The second-order valence-electron chi connectivity index (χ2n) is 14.3. The van der Waals surface area contributed by atoms with Gasteiger partial charge in [0.25, 0.3) is 11.8 Å². The van der Waals surface area contributed by atoms with Gasteiger partial charge >= 0.3 is 6.18 Å². The molecule has 294 valence electrons. The molecule has 2 aliphatic rings. The third kappa shape index (κ3) is 9.08. The van der Waals surface area contributed by atoms with Crippen LogP contribution in [-0.4, -0.2) is 69.6 Å². The maximum atomic E-state index is 13.4. The zero-order chi connectivity index (χ0) is 40.4. The number of aromatic nitrogens is 2. The van der Waals surface area contributed by atoms with Crippen molar-refractivity contribution in [3.63, 3.8) is 0 Å². The molecule has 57 heavy (non-hydrogen) atoms. The molecule has 2 fully saturated rings. The summed E-state index contributed by atoms with van der Waals surface area (Å²) in [7, 11) is 0. The minimum absolute atomic E-state index is 0.0355. The van der Waals surface area contributed by atoms with E-state index in [1.165, 1.54) is 35.2 Å². The number of alkyl halides is 4. The number of benzene rings is 4. The number of pyridine rings is 2. The molecule has 4 heterocycles. The summed E-state index contributed by atoms with van der Waals surface area (Å²) in [5.41, 5.74) is 16.7. The summed E-state index contributed by atoms with van der Waals surface area (Å²) in [5, 5.41) is 1.55. The molecule has 2 aliphatic heterocycles. The van der Waals surface area contributed by atoms with E-state index in [0.29, 0.717) is 65.6 Å². The first-order chi connectivity index (χ1) is 27.2. The van der Waals surface area contributed by atoms with E-state index in [0.717, 1.165) is 28.6 Å². The summed E-state index contributed by atoms with van der Waals surface area (Å²) < 4.78 is 79.7. The maximum absolute atomic E-state index is 13.4. The van der Waals surface area contributed by atoms with E-state index >= 15 is 0 Å². The first-order valence-corrected chi connectivity index (χ1v) is 18.4. The Morgan fingerprint density at radius 2 is 1.16 bits per heavy atom. The van der Waals surface area contributed by atoms with Crippen LogP contribution in [-0.2, 0) is 13.1 Å². The molecule has 4 N–H and O–H groups in total. The highest BCUT2D eigenvalue weighted by molar-refractivity contribution is 6.02. The standard InChI is InChI=1S/C22H19F4N3O.C21H19F2N3O/c23-15-6-4-14(5-7-15)17-11-19(21(27)30)28-18-10-13(3-8-16(17)18)12-29-9-1-2-20(29)22(24,25)26;22-15-4-2-14(3-5-15)18-10-20(21(24)27)25-19-9-13(1-6-17(18)19)11-26-8-7-16(23)12-26/h3-8,10-11,20H,1-2,9,12H2,(H2,27,30);1-6,9-10,16H,7-8,11-12H2,(H2,24,27)/t;16-/m.1/s1. The van der Waals surface area contributed by atoms with Crippen molar-refractivity contribution < 1.29 is 35.9 Å². The number of hydrogen-bond acceptors (Lipinski definition) is 6. The molecular formula is C43H38F6N6O2. The van der Waals surface area contributed by atoms with Gasteiger partial charge in [0.15, 0.2) is 0 Å². The molecule has 0 radical (unpaired) electrons. The Bertz CT molecular complexity index is 2440. The Balaban J connectivity index is 0.000000175. The second-order valence-corrected chi connectivity index (χ2v) is 14.3. The van der Waals surface area contributed by atoms with Crippen LogP contribution in [0.3, 0.4) is 0 Å². The highest BCUT2D eigenvalue weighted by Crippen LogP contribution is 2.35. The molecule has 2 saturated heterocycles. The normalized spacial score (nSPS) is 17.5. The van der Waals surface area contributed by atoms with Crippen LogP contribution in [0.1, 0.15) is 51.4 Å². The Morgan fingerprint density at radius 3 is 1.60 bits per heavy atom. The number of amides is 2. The molecule has 0 bridgehead atoms. The van der Waals surface area contributed by atoms with Crippen LogP contribution in [0.25, 0.3) is 44.1 Å². The lowest BCUT2D eigenvalue weighted by molar-refractivity contribution is -0.177. The number of halogens is 6. The maximum Gasteiger partial charge on any atom is 0.404 e. The molecule has 2 atom stereocenters. The number of likely N-dealkylation sites (tertiary alicyclic amines) is 2.